The molecule has 0 fully saturated rings. The summed E-state index contributed by atoms with van der Waals surface area (Å²) in [6.45, 7) is 4.98. The molecule has 3 N–H and O–H groups in total. The number of nitrogens with one attached hydrogen (secondary N) is 3. The first-order chi connectivity index (χ1) is 9.95. The molecule has 2 rings (SSSR count). The topological polar surface area (TPSA) is 105 Å². The second kappa shape index (κ2) is 6.37. The van der Waals surface area contributed by atoms with Gasteiger partial charge >= 0.3 is 0 Å². The molecule has 9 heteroatoms. The largest absolute Gasteiger partial charge is 0.311 e. The molecule has 0 aromatic carbocycles. The Bertz CT molecular complexity index is 703. The first-order valence-corrected chi connectivity index (χ1v) is 8.15. The van der Waals surface area contributed by atoms with E-state index in [0.717, 1.165) is 12.2 Å². The summed E-state index contributed by atoms with van der Waals surface area (Å²) in [5.41, 5.74) is 1.81. The lowest BCUT2D eigenvalue weighted by Crippen LogP contribution is -2.26. The molecule has 116 valence electrons. The molecule has 2 heterocycles. The van der Waals surface area contributed by atoms with Crippen molar-refractivity contribution < 1.29 is 8.42 Å². The van der Waals surface area contributed by atoms with Gasteiger partial charge in [-0.25, -0.2) is 13.1 Å². The quantitative estimate of drug-likeness (QED) is 0.669. The summed E-state index contributed by atoms with van der Waals surface area (Å²) in [6.07, 6.45) is 1.63. The number of nitrogens with zero attached hydrogens (tertiary/aromatic N) is 3. The van der Waals surface area contributed by atoms with Crippen molar-refractivity contribution in [1.82, 2.24) is 30.0 Å². The smallest absolute Gasteiger partial charge is 0.244 e. The van der Waals surface area contributed by atoms with Gasteiger partial charge in [0.2, 0.25) is 10.0 Å². The molecule has 0 atom stereocenters. The molecule has 21 heavy (non-hydrogen) atoms. The summed E-state index contributed by atoms with van der Waals surface area (Å²) >= 11 is 0. The first kappa shape index (κ1) is 15.7. The van der Waals surface area contributed by atoms with Crippen LogP contribution < -0.4 is 10.0 Å². The molecular formula is C12H20N6O2S. The minimum Gasteiger partial charge on any atom is -0.311 e. The van der Waals surface area contributed by atoms with Gasteiger partial charge in [-0.3, -0.25) is 9.78 Å². The number of H-pyrrole nitrogens is 1. The maximum atomic E-state index is 12.5. The number of hydrogen-bond donors (Lipinski definition) is 3. The lowest BCUT2D eigenvalue weighted by molar-refractivity contribution is 0.574. The van der Waals surface area contributed by atoms with Crippen molar-refractivity contribution in [3.8, 4) is 0 Å². The third kappa shape index (κ3) is 3.49. The second-order valence-corrected chi connectivity index (χ2v) is 6.38. The third-order valence-electron chi connectivity index (χ3n) is 3.14. The van der Waals surface area contributed by atoms with Crippen molar-refractivity contribution in [1.29, 1.82) is 0 Å². The molecule has 0 amide bonds. The highest BCUT2D eigenvalue weighted by Crippen LogP contribution is 2.17. The molecule has 0 unspecified atom stereocenters. The Balaban J connectivity index is 2.19. The monoisotopic (exact) mass is 312 g/mol. The lowest BCUT2D eigenvalue weighted by Gasteiger charge is -2.08. The highest BCUT2D eigenvalue weighted by Gasteiger charge is 2.24. The van der Waals surface area contributed by atoms with Crippen LogP contribution in [0.3, 0.4) is 0 Å². The molecule has 2 aromatic heterocycles. The van der Waals surface area contributed by atoms with Crippen molar-refractivity contribution >= 4 is 10.0 Å². The van der Waals surface area contributed by atoms with Crippen molar-refractivity contribution in [2.75, 3.05) is 6.54 Å². The summed E-state index contributed by atoms with van der Waals surface area (Å²) in [5.74, 6) is 0. The van der Waals surface area contributed by atoms with Gasteiger partial charge < -0.3 is 5.32 Å². The first-order valence-electron chi connectivity index (χ1n) is 6.66. The van der Waals surface area contributed by atoms with Crippen LogP contribution in [-0.4, -0.2) is 34.9 Å². The summed E-state index contributed by atoms with van der Waals surface area (Å²) in [6, 6.07) is 1.77. The maximum Gasteiger partial charge on any atom is 0.244 e. The van der Waals surface area contributed by atoms with E-state index >= 15 is 0 Å². The molecule has 0 saturated carbocycles. The van der Waals surface area contributed by atoms with Crippen LogP contribution in [0, 0.1) is 6.92 Å². The normalized spacial score (nSPS) is 12.0. The average Bonchev–Trinajstić information content (AvgIpc) is 3.00. The fraction of sp³-hybridized carbons (Fsp3) is 0.500. The lowest BCUT2D eigenvalue weighted by atomic mass is 10.3. The minimum atomic E-state index is -3.63. The Hall–Kier alpha value is -1.71. The number of sulfonamides is 1. The van der Waals surface area contributed by atoms with E-state index in [1.54, 1.807) is 30.9 Å². The highest BCUT2D eigenvalue weighted by molar-refractivity contribution is 7.89. The summed E-state index contributed by atoms with van der Waals surface area (Å²) < 4.78 is 29.2. The fourth-order valence-corrected chi connectivity index (χ4v) is 3.36. The van der Waals surface area contributed by atoms with Crippen molar-refractivity contribution in [3.05, 3.63) is 29.3 Å². The third-order valence-corrected chi connectivity index (χ3v) is 4.74. The molecule has 2 aromatic rings. The summed E-state index contributed by atoms with van der Waals surface area (Å²) in [4.78, 5) is 0.214. The van der Waals surface area contributed by atoms with E-state index in [4.69, 9.17) is 0 Å². The van der Waals surface area contributed by atoms with Gasteiger partial charge in [0, 0.05) is 19.8 Å². The van der Waals surface area contributed by atoms with Gasteiger partial charge in [0.25, 0.3) is 0 Å². The molecule has 0 radical (unpaired) electrons. The Morgan fingerprint density at radius 3 is 2.76 bits per heavy atom. The van der Waals surface area contributed by atoms with Crippen molar-refractivity contribution in [2.24, 2.45) is 7.05 Å². The molecule has 0 bridgehead atoms. The SMILES string of the molecule is CCNCc1n[nH]c(C)c1S(=O)(=O)NCc1ccnn1C. The van der Waals surface area contributed by atoms with Crippen LogP contribution >= 0.6 is 0 Å². The van der Waals surface area contributed by atoms with Crippen LogP contribution in [-0.2, 0) is 30.2 Å². The number of hydrogen-bond acceptors (Lipinski definition) is 5. The average molecular weight is 312 g/mol. The van der Waals surface area contributed by atoms with E-state index in [1.165, 1.54) is 0 Å². The number of aryl methyl sites for hydroxylation is 2. The van der Waals surface area contributed by atoms with Gasteiger partial charge in [0.1, 0.15) is 4.90 Å². The molecule has 0 spiro atoms. The molecule has 8 nitrogen and oxygen atoms in total. The molecule has 0 aliphatic carbocycles. The van der Waals surface area contributed by atoms with Crippen LogP contribution in [0.2, 0.25) is 0 Å². The van der Waals surface area contributed by atoms with Crippen LogP contribution in [0.15, 0.2) is 17.2 Å². The predicted octanol–water partition coefficient (Wildman–Crippen LogP) is 0.0396. The van der Waals surface area contributed by atoms with Crippen LogP contribution in [0.1, 0.15) is 24.0 Å². The zero-order valence-electron chi connectivity index (χ0n) is 12.3. The Morgan fingerprint density at radius 2 is 2.14 bits per heavy atom. The molecule has 0 aliphatic rings. The predicted molar refractivity (Wildman–Crippen MR) is 77.9 cm³/mol. The number of aromatic amines is 1. The van der Waals surface area contributed by atoms with Crippen LogP contribution in [0.5, 0.6) is 0 Å². The summed E-state index contributed by atoms with van der Waals surface area (Å²) in [5, 5.41) is 13.9. The van der Waals surface area contributed by atoms with Gasteiger partial charge in [-0.1, -0.05) is 6.92 Å². The van der Waals surface area contributed by atoms with Crippen LogP contribution in [0.25, 0.3) is 0 Å². The van der Waals surface area contributed by atoms with Gasteiger partial charge in [-0.2, -0.15) is 10.2 Å². The van der Waals surface area contributed by atoms with Gasteiger partial charge in [-0.15, -0.1) is 0 Å². The second-order valence-electron chi connectivity index (χ2n) is 4.68. The van der Waals surface area contributed by atoms with Gasteiger partial charge in [0.15, 0.2) is 0 Å². The standard InChI is InChI=1S/C12H20N6O2S/c1-4-13-8-11-12(9(2)16-17-11)21(19,20)15-7-10-5-6-14-18(10)3/h5-6,13,15H,4,7-8H2,1-3H3,(H,16,17). The summed E-state index contributed by atoms with van der Waals surface area (Å²) in [7, 11) is -1.86. The van der Waals surface area contributed by atoms with E-state index in [1.807, 2.05) is 6.92 Å². The number of rotatable bonds is 7. The number of aromatic nitrogens is 4. The van der Waals surface area contributed by atoms with E-state index in [9.17, 15) is 8.42 Å². The van der Waals surface area contributed by atoms with Gasteiger partial charge in [0.05, 0.1) is 23.6 Å². The van der Waals surface area contributed by atoms with E-state index in [2.05, 4.69) is 25.3 Å². The van der Waals surface area contributed by atoms with Gasteiger partial charge in [-0.05, 0) is 19.5 Å². The van der Waals surface area contributed by atoms with E-state index in [-0.39, 0.29) is 11.4 Å². The minimum absolute atomic E-state index is 0.185. The van der Waals surface area contributed by atoms with E-state index in [0.29, 0.717) is 17.9 Å². The highest BCUT2D eigenvalue weighted by atomic mass is 32.2. The van der Waals surface area contributed by atoms with Crippen molar-refractivity contribution in [3.63, 3.8) is 0 Å². The Labute approximate surface area is 124 Å². The Morgan fingerprint density at radius 1 is 1.38 bits per heavy atom. The molecule has 0 saturated heterocycles. The Kier molecular flexibility index (Phi) is 4.76. The zero-order valence-corrected chi connectivity index (χ0v) is 13.2. The maximum absolute atomic E-state index is 12.5. The van der Waals surface area contributed by atoms with Crippen LogP contribution in [0.4, 0.5) is 0 Å². The van der Waals surface area contributed by atoms with Crippen molar-refractivity contribution in [2.45, 2.75) is 31.8 Å². The fourth-order valence-electron chi connectivity index (χ4n) is 2.01. The molecule has 0 aliphatic heterocycles. The zero-order chi connectivity index (χ0) is 15.5. The van der Waals surface area contributed by atoms with E-state index < -0.39 is 10.0 Å². The molecular weight excluding hydrogens is 292 g/mol.